The molecule has 0 spiro atoms. The molecule has 4 aromatic rings. The zero-order valence-electron chi connectivity index (χ0n) is 18.5. The predicted molar refractivity (Wildman–Crippen MR) is 130 cm³/mol. The zero-order chi connectivity index (χ0) is 21.5. The summed E-state index contributed by atoms with van der Waals surface area (Å²) in [6.07, 6.45) is 6.20. The summed E-state index contributed by atoms with van der Waals surface area (Å²) in [5.74, 6) is 1.03. The molecule has 0 saturated carbocycles. The van der Waals surface area contributed by atoms with Gasteiger partial charge in [0.05, 0.1) is 6.61 Å². The van der Waals surface area contributed by atoms with E-state index in [9.17, 15) is 0 Å². The molecule has 5 heteroatoms. The Kier molecular flexibility index (Phi) is 4.84. The fraction of sp³-hybridized carbons (Fsp3) is 0.296. The van der Waals surface area contributed by atoms with Gasteiger partial charge in [0.25, 0.3) is 0 Å². The predicted octanol–water partition coefficient (Wildman–Crippen LogP) is 4.97. The second-order valence-corrected chi connectivity index (χ2v) is 8.93. The van der Waals surface area contributed by atoms with Gasteiger partial charge >= 0.3 is 0 Å². The van der Waals surface area contributed by atoms with Crippen LogP contribution in [0.3, 0.4) is 0 Å². The molecule has 32 heavy (non-hydrogen) atoms. The van der Waals surface area contributed by atoms with Gasteiger partial charge in [0.15, 0.2) is 0 Å². The third-order valence-corrected chi connectivity index (χ3v) is 6.82. The number of aromatic nitrogens is 2. The largest absolute Gasteiger partial charge is 0.493 e. The molecule has 4 heterocycles. The number of anilines is 1. The van der Waals surface area contributed by atoms with Crippen molar-refractivity contribution in [1.29, 1.82) is 0 Å². The topological polar surface area (TPSA) is 44.4 Å². The number of nitrogens with one attached hydrogen (secondary N) is 1. The number of fused-ring (bicyclic) bond motifs is 2. The molecule has 0 bridgehead atoms. The number of likely N-dealkylation sites (N-methyl/N-ethyl adjacent to an activating group) is 1. The van der Waals surface area contributed by atoms with Gasteiger partial charge in [0, 0.05) is 60.8 Å². The molecule has 5 nitrogen and oxygen atoms in total. The van der Waals surface area contributed by atoms with Crippen molar-refractivity contribution in [3.8, 4) is 28.0 Å². The molecule has 2 aromatic carbocycles. The lowest BCUT2D eigenvalue weighted by molar-refractivity contribution is 0.288. The Labute approximate surface area is 188 Å². The van der Waals surface area contributed by atoms with Crippen molar-refractivity contribution >= 4 is 16.7 Å². The second-order valence-electron chi connectivity index (χ2n) is 8.93. The van der Waals surface area contributed by atoms with E-state index < -0.39 is 0 Å². The molecule has 0 atom stereocenters. The first kappa shape index (κ1) is 19.4. The Bertz CT molecular complexity index is 1250. The van der Waals surface area contributed by atoms with Crippen LogP contribution in [0, 0.1) is 0 Å². The van der Waals surface area contributed by atoms with E-state index in [0.29, 0.717) is 0 Å². The third kappa shape index (κ3) is 3.53. The Morgan fingerprint density at radius 1 is 0.906 bits per heavy atom. The highest BCUT2D eigenvalue weighted by molar-refractivity contribution is 5.96. The molecular weight excluding hydrogens is 396 g/mol. The number of ether oxygens (including phenoxy) is 1. The van der Waals surface area contributed by atoms with Gasteiger partial charge in [-0.1, -0.05) is 18.2 Å². The van der Waals surface area contributed by atoms with Crippen LogP contribution in [0.5, 0.6) is 5.75 Å². The Morgan fingerprint density at radius 2 is 1.72 bits per heavy atom. The fourth-order valence-corrected chi connectivity index (χ4v) is 4.86. The minimum Gasteiger partial charge on any atom is -0.493 e. The van der Waals surface area contributed by atoms with Gasteiger partial charge in [-0.2, -0.15) is 0 Å². The molecule has 0 radical (unpaired) electrons. The van der Waals surface area contributed by atoms with Crippen molar-refractivity contribution in [2.45, 2.75) is 12.8 Å². The number of hydrogen-bond donors (Lipinski definition) is 1. The minimum absolute atomic E-state index is 0.820. The molecule has 2 aliphatic rings. The first-order valence-corrected chi connectivity index (χ1v) is 11.5. The van der Waals surface area contributed by atoms with Crippen molar-refractivity contribution in [3.05, 3.63) is 66.5 Å². The summed E-state index contributed by atoms with van der Waals surface area (Å²) in [5.41, 5.74) is 8.27. The highest BCUT2D eigenvalue weighted by Crippen LogP contribution is 2.35. The number of rotatable bonds is 3. The first-order chi connectivity index (χ1) is 15.7. The molecule has 6 rings (SSSR count). The van der Waals surface area contributed by atoms with Gasteiger partial charge in [-0.15, -0.1) is 0 Å². The van der Waals surface area contributed by atoms with E-state index in [1.54, 1.807) is 0 Å². The summed E-state index contributed by atoms with van der Waals surface area (Å²) in [4.78, 5) is 12.9. The van der Waals surface area contributed by atoms with Crippen LogP contribution in [0.2, 0.25) is 0 Å². The Balaban J connectivity index is 1.31. The Hall–Kier alpha value is -3.31. The van der Waals surface area contributed by atoms with Crippen molar-refractivity contribution in [3.63, 3.8) is 0 Å². The highest BCUT2D eigenvalue weighted by atomic mass is 16.5. The van der Waals surface area contributed by atoms with Crippen LogP contribution in [0.1, 0.15) is 12.0 Å². The number of H-pyrrole nitrogens is 1. The van der Waals surface area contributed by atoms with Crippen LogP contribution in [0.15, 0.2) is 60.9 Å². The molecule has 1 saturated heterocycles. The average Bonchev–Trinajstić information content (AvgIpc) is 3.28. The quantitative estimate of drug-likeness (QED) is 0.504. The Morgan fingerprint density at radius 3 is 2.56 bits per heavy atom. The van der Waals surface area contributed by atoms with E-state index in [1.807, 2.05) is 6.20 Å². The van der Waals surface area contributed by atoms with E-state index >= 15 is 0 Å². The molecule has 0 aliphatic carbocycles. The molecule has 0 unspecified atom stereocenters. The number of piperazine rings is 1. The van der Waals surface area contributed by atoms with Crippen molar-refractivity contribution < 1.29 is 4.74 Å². The lowest BCUT2D eigenvalue weighted by Crippen LogP contribution is -2.44. The molecular formula is C27H28N4O. The monoisotopic (exact) mass is 424 g/mol. The molecule has 2 aliphatic heterocycles. The van der Waals surface area contributed by atoms with Crippen LogP contribution < -0.4 is 9.64 Å². The standard InChI is InChI=1S/C27H28N4O/c1-30-10-12-31(13-11-30)23-7-4-19(5-8-23)22-16-24-25(18-29-27(24)28-17-22)20-6-9-26-21(15-20)3-2-14-32-26/h4-9,15-18H,2-3,10-14H2,1H3,(H,28,29). The number of hydrogen-bond acceptors (Lipinski definition) is 4. The van der Waals surface area contributed by atoms with E-state index in [-0.39, 0.29) is 0 Å². The molecule has 0 amide bonds. The minimum atomic E-state index is 0.820. The number of nitrogens with zero attached hydrogens (tertiary/aromatic N) is 3. The summed E-state index contributed by atoms with van der Waals surface area (Å²) >= 11 is 0. The van der Waals surface area contributed by atoms with Gasteiger partial charge in [-0.25, -0.2) is 4.98 Å². The number of aromatic amines is 1. The summed E-state index contributed by atoms with van der Waals surface area (Å²) in [6.45, 7) is 5.23. The summed E-state index contributed by atoms with van der Waals surface area (Å²) in [6, 6.07) is 17.7. The fourth-order valence-electron chi connectivity index (χ4n) is 4.86. The summed E-state index contributed by atoms with van der Waals surface area (Å²) < 4.78 is 5.79. The first-order valence-electron chi connectivity index (χ1n) is 11.5. The molecule has 1 fully saturated rings. The molecule has 1 N–H and O–H groups in total. The smallest absolute Gasteiger partial charge is 0.137 e. The van der Waals surface area contributed by atoms with Gasteiger partial charge < -0.3 is 19.5 Å². The lowest BCUT2D eigenvalue weighted by atomic mass is 9.98. The van der Waals surface area contributed by atoms with Crippen LogP contribution in [-0.4, -0.2) is 54.7 Å². The zero-order valence-corrected chi connectivity index (χ0v) is 18.5. The van der Waals surface area contributed by atoms with Crippen LogP contribution in [0.25, 0.3) is 33.3 Å². The maximum Gasteiger partial charge on any atom is 0.137 e. The number of pyridine rings is 1. The van der Waals surface area contributed by atoms with Crippen LogP contribution in [-0.2, 0) is 6.42 Å². The highest BCUT2D eigenvalue weighted by Gasteiger charge is 2.16. The molecule has 162 valence electrons. The van der Waals surface area contributed by atoms with E-state index in [2.05, 4.69) is 76.6 Å². The SMILES string of the molecule is CN1CCN(c2ccc(-c3cnc4[nH]cc(-c5ccc6c(c5)CCCO6)c4c3)cc2)CC1. The number of benzene rings is 2. The molecule has 2 aromatic heterocycles. The van der Waals surface area contributed by atoms with Crippen molar-refractivity contribution in [1.82, 2.24) is 14.9 Å². The summed E-state index contributed by atoms with van der Waals surface area (Å²) in [7, 11) is 2.19. The maximum absolute atomic E-state index is 5.79. The van der Waals surface area contributed by atoms with E-state index in [1.165, 1.54) is 27.9 Å². The second kappa shape index (κ2) is 7.99. The maximum atomic E-state index is 5.79. The van der Waals surface area contributed by atoms with Crippen LogP contribution >= 0.6 is 0 Å². The van der Waals surface area contributed by atoms with Crippen molar-refractivity contribution in [2.75, 3.05) is 44.7 Å². The van der Waals surface area contributed by atoms with Crippen LogP contribution in [0.4, 0.5) is 5.69 Å². The average molecular weight is 425 g/mol. The van der Waals surface area contributed by atoms with Gasteiger partial charge in [-0.05, 0) is 66.9 Å². The van der Waals surface area contributed by atoms with Crippen molar-refractivity contribution in [2.24, 2.45) is 0 Å². The van der Waals surface area contributed by atoms with E-state index in [0.717, 1.165) is 68.0 Å². The summed E-state index contributed by atoms with van der Waals surface area (Å²) in [5, 5.41) is 1.15. The number of aryl methyl sites for hydroxylation is 1. The normalized spacial score (nSPS) is 16.7. The van der Waals surface area contributed by atoms with E-state index in [4.69, 9.17) is 9.72 Å². The van der Waals surface area contributed by atoms with Gasteiger partial charge in [0.2, 0.25) is 0 Å². The van der Waals surface area contributed by atoms with Gasteiger partial charge in [0.1, 0.15) is 11.4 Å². The lowest BCUT2D eigenvalue weighted by Gasteiger charge is -2.34. The third-order valence-electron chi connectivity index (χ3n) is 6.82. The van der Waals surface area contributed by atoms with Gasteiger partial charge in [-0.3, -0.25) is 0 Å².